The van der Waals surface area contributed by atoms with Crippen molar-refractivity contribution in [3.63, 3.8) is 0 Å². The Morgan fingerprint density at radius 1 is 0.540 bits per heavy atom. The molecule has 0 aromatic heterocycles. The summed E-state index contributed by atoms with van der Waals surface area (Å²) in [5.74, 6) is 0. The predicted octanol–water partition coefficient (Wildman–Crippen LogP) is 14.8. The van der Waals surface area contributed by atoms with Gasteiger partial charge in [-0.25, -0.2) is 12.1 Å². The molecule has 0 saturated heterocycles. The van der Waals surface area contributed by atoms with Gasteiger partial charge >= 0.3 is 175 Å². The Morgan fingerprint density at radius 2 is 0.920 bits per heavy atom. The topological polar surface area (TPSA) is 0 Å². The largest absolute Gasteiger partial charge is 0.214 e. The third-order valence-electron chi connectivity index (χ3n) is 8.52. The molecule has 0 saturated carbocycles. The van der Waals surface area contributed by atoms with E-state index in [1.54, 1.807) is 12.1 Å². The van der Waals surface area contributed by atoms with Crippen LogP contribution in [0.25, 0.3) is 21.5 Å². The molecule has 50 heavy (non-hydrogen) atoms. The molecular weight excluding hydrogens is 820 g/mol. The summed E-state index contributed by atoms with van der Waals surface area (Å²) in [6, 6.07) is 36.8. The van der Waals surface area contributed by atoms with Crippen LogP contribution in [-0.4, -0.2) is 3.21 Å². The first-order valence-electron chi connectivity index (χ1n) is 16.3. The van der Waals surface area contributed by atoms with E-state index in [-0.39, 0.29) is 10.8 Å². The van der Waals surface area contributed by atoms with E-state index in [0.717, 1.165) is 14.3 Å². The number of rotatable bonds is 2. The molecule has 6 rings (SSSR count). The van der Waals surface area contributed by atoms with Crippen molar-refractivity contribution in [2.75, 3.05) is 0 Å². The fraction of sp³-hybridized carbons (Fsp3) is 0.279. The molecule has 0 N–H and O–H groups in total. The van der Waals surface area contributed by atoms with Crippen LogP contribution in [0.2, 0.25) is 0 Å². The summed E-state index contributed by atoms with van der Waals surface area (Å²) >= 11 is 36.9. The fourth-order valence-corrected chi connectivity index (χ4v) is 7.61. The Kier molecular flexibility index (Phi) is 13.5. The Bertz CT molecular complexity index is 1920. The first-order chi connectivity index (χ1) is 23.1. The molecule has 0 radical (unpaired) electrons. The second-order valence-electron chi connectivity index (χ2n) is 14.6. The molecule has 0 fully saturated rings. The van der Waals surface area contributed by atoms with E-state index in [9.17, 15) is 0 Å². The van der Waals surface area contributed by atoms with Gasteiger partial charge in [0.05, 0.1) is 0 Å². The average Bonchev–Trinajstić information content (AvgIpc) is 3.70. The molecule has 0 amide bonds. The molecule has 7 heteroatoms. The van der Waals surface area contributed by atoms with Gasteiger partial charge in [-0.2, -0.15) is 18.2 Å². The van der Waals surface area contributed by atoms with Crippen LogP contribution in [-0.2, 0) is 42.7 Å². The summed E-state index contributed by atoms with van der Waals surface area (Å²) in [5, 5.41) is 5.55. The second-order valence-corrected chi connectivity index (χ2v) is 20.4. The van der Waals surface area contributed by atoms with Crippen molar-refractivity contribution in [2.24, 2.45) is 0 Å². The van der Waals surface area contributed by atoms with E-state index in [4.69, 9.17) is 69.6 Å². The molecule has 0 aliphatic heterocycles. The standard InChI is InChI=1S/C23H29.C15H8Cl6.C5H5.Zr/c1-14-9-16-11-17-10-15(2)21(23(6,7)8)13-19(17)18(16)12-20(14)22(3,4)5;16-14(17,18)12-5-1-3-10(8-12)7-11-4-2-6-13(9-11)15(19,20)21;1-2-4-5-3-1;/h9-13H,1-8H3;1-6,8-9H;1-5H;/q-1;;-1;+2. The molecule has 0 heterocycles. The second kappa shape index (κ2) is 16.3. The van der Waals surface area contributed by atoms with Crippen LogP contribution < -0.4 is 0 Å². The van der Waals surface area contributed by atoms with Gasteiger partial charge in [0.2, 0.25) is 0 Å². The van der Waals surface area contributed by atoms with Gasteiger partial charge < -0.3 is 0 Å². The number of halogens is 6. The third kappa shape index (κ3) is 10.6. The van der Waals surface area contributed by atoms with Crippen molar-refractivity contribution in [1.82, 2.24) is 0 Å². The van der Waals surface area contributed by atoms with Crippen molar-refractivity contribution in [3.8, 4) is 0 Å². The minimum Gasteiger partial charge on any atom is -0.214 e. The van der Waals surface area contributed by atoms with Crippen LogP contribution in [0.1, 0.15) is 86.1 Å². The third-order valence-corrected chi connectivity index (χ3v) is 11.3. The molecular formula is C43H42Cl6Zr. The molecule has 0 aliphatic rings. The van der Waals surface area contributed by atoms with Crippen LogP contribution in [0, 0.1) is 13.8 Å². The van der Waals surface area contributed by atoms with Crippen LogP contribution in [0.15, 0.2) is 109 Å². The maximum atomic E-state index is 5.94. The summed E-state index contributed by atoms with van der Waals surface area (Å²) in [4.78, 5) is 0. The zero-order valence-electron chi connectivity index (χ0n) is 29.7. The number of fused-ring (bicyclic) bond motifs is 3. The molecule has 0 unspecified atom stereocenters. The Hall–Kier alpha value is -1.41. The average molecular weight is 863 g/mol. The quantitative estimate of drug-likeness (QED) is 0.120. The number of alkyl halides is 6. The van der Waals surface area contributed by atoms with Crippen LogP contribution in [0.3, 0.4) is 0 Å². The maximum absolute atomic E-state index is 5.94. The number of hydrogen-bond donors (Lipinski definition) is 0. The summed E-state index contributed by atoms with van der Waals surface area (Å²) in [6.07, 6.45) is 0. The van der Waals surface area contributed by atoms with E-state index in [2.05, 4.69) is 85.7 Å². The van der Waals surface area contributed by atoms with Gasteiger partial charge in [-0.05, 0) is 24.7 Å². The number of hydrogen-bond acceptors (Lipinski definition) is 0. The molecule has 0 atom stereocenters. The van der Waals surface area contributed by atoms with Crippen molar-refractivity contribution >= 4 is 94.4 Å². The van der Waals surface area contributed by atoms with Crippen molar-refractivity contribution in [1.29, 1.82) is 0 Å². The van der Waals surface area contributed by atoms with Crippen LogP contribution in [0.4, 0.5) is 0 Å². The van der Waals surface area contributed by atoms with Crippen LogP contribution in [0.5, 0.6) is 0 Å². The number of aryl methyl sites for hydroxylation is 2. The summed E-state index contributed by atoms with van der Waals surface area (Å²) in [5.41, 5.74) is 9.25. The molecule has 6 aromatic rings. The monoisotopic (exact) mass is 858 g/mol. The van der Waals surface area contributed by atoms with Crippen molar-refractivity contribution < 1.29 is 24.2 Å². The Balaban J connectivity index is 0.000000197. The Morgan fingerprint density at radius 3 is 1.22 bits per heavy atom. The molecule has 0 aliphatic carbocycles. The predicted molar refractivity (Wildman–Crippen MR) is 221 cm³/mol. The van der Waals surface area contributed by atoms with Crippen molar-refractivity contribution in [2.45, 2.75) is 73.8 Å². The van der Waals surface area contributed by atoms with E-state index >= 15 is 0 Å². The maximum Gasteiger partial charge on any atom is -0.172 e. The van der Waals surface area contributed by atoms with Crippen LogP contribution >= 0.6 is 69.6 Å². The number of benzene rings is 4. The summed E-state index contributed by atoms with van der Waals surface area (Å²) in [6.45, 7) is 18.3. The summed E-state index contributed by atoms with van der Waals surface area (Å²) < 4.78 is -1.82. The van der Waals surface area contributed by atoms with E-state index in [1.807, 2.05) is 66.7 Å². The minimum atomic E-state index is -1.45. The zero-order valence-corrected chi connectivity index (χ0v) is 36.7. The first kappa shape index (κ1) is 41.4. The summed E-state index contributed by atoms with van der Waals surface area (Å²) in [7, 11) is 0. The van der Waals surface area contributed by atoms with Gasteiger partial charge in [0.15, 0.2) is 0 Å². The van der Waals surface area contributed by atoms with Crippen molar-refractivity contribution in [3.05, 3.63) is 154 Å². The molecule has 260 valence electrons. The van der Waals surface area contributed by atoms with Gasteiger partial charge in [-0.3, -0.25) is 0 Å². The molecule has 0 bridgehead atoms. The molecule has 0 spiro atoms. The molecule has 6 aromatic carbocycles. The fourth-order valence-electron chi connectivity index (χ4n) is 6.14. The van der Waals surface area contributed by atoms with E-state index in [1.165, 1.54) is 68.0 Å². The van der Waals surface area contributed by atoms with Gasteiger partial charge in [0.25, 0.3) is 0 Å². The van der Waals surface area contributed by atoms with Gasteiger partial charge in [0.1, 0.15) is 0 Å². The van der Waals surface area contributed by atoms with E-state index < -0.39 is 7.59 Å². The molecule has 0 nitrogen and oxygen atoms in total. The first-order valence-corrected chi connectivity index (χ1v) is 19.8. The van der Waals surface area contributed by atoms with Gasteiger partial charge in [-0.15, -0.1) is 39.7 Å². The normalized spacial score (nSPS) is 12.3. The van der Waals surface area contributed by atoms with Gasteiger partial charge in [0, 0.05) is 0 Å². The Labute approximate surface area is 343 Å². The zero-order chi connectivity index (χ0) is 37.2. The smallest absolute Gasteiger partial charge is 0.172 e. The van der Waals surface area contributed by atoms with Gasteiger partial charge in [-0.1, -0.05) is 75.9 Å². The SMILES string of the molecule is Cc1cc2[cH-]c3cc(C)c(C(C)(C)C)cc3c2cc1C(C)(C)C.ClC(Cl)(Cl)c1cccc([C](=[Zr+2])c2cccc(C(Cl)(Cl)Cl)c2)c1.c1cc[cH-]c1. The van der Waals surface area contributed by atoms with E-state index in [0.29, 0.717) is 11.1 Å². The minimum absolute atomic E-state index is 0.180.